The molecule has 0 spiro atoms. The zero-order valence-electron chi connectivity index (χ0n) is 21.5. The molecule has 0 fully saturated rings. The maximum absolute atomic E-state index is 2.70. The smallest absolute Gasteiger partial charge is 1.00 e. The van der Waals surface area contributed by atoms with Gasteiger partial charge in [-0.2, -0.15) is 0 Å². The van der Waals surface area contributed by atoms with E-state index in [-0.39, 0.29) is 30.2 Å². The van der Waals surface area contributed by atoms with Gasteiger partial charge in [-0.1, -0.05) is 0 Å². The average molecular weight is 581 g/mol. The van der Waals surface area contributed by atoms with E-state index in [1.807, 2.05) is 0 Å². The van der Waals surface area contributed by atoms with Crippen molar-refractivity contribution in [3.63, 3.8) is 0 Å². The van der Waals surface area contributed by atoms with E-state index in [0.717, 1.165) is 6.42 Å². The molecule has 2 aliphatic rings. The number of rotatable bonds is 3. The summed E-state index contributed by atoms with van der Waals surface area (Å²) in [6.07, 6.45) is 3.64. The zero-order chi connectivity index (χ0) is 23.3. The minimum atomic E-state index is -2.36. The normalized spacial score (nSPS) is 16.3. The van der Waals surface area contributed by atoms with Crippen molar-refractivity contribution in [2.24, 2.45) is 11.3 Å². The molecule has 3 aromatic rings. The molecule has 35 heavy (non-hydrogen) atoms. The third kappa shape index (κ3) is 5.29. The van der Waals surface area contributed by atoms with Crippen LogP contribution >= 0.6 is 0 Å². The van der Waals surface area contributed by atoms with E-state index < -0.39 is 21.3 Å². The van der Waals surface area contributed by atoms with E-state index in [1.165, 1.54) is 27.8 Å². The number of benzene rings is 3. The van der Waals surface area contributed by atoms with Gasteiger partial charge in [0.1, 0.15) is 0 Å². The summed E-state index contributed by atoms with van der Waals surface area (Å²) in [5.74, 6) is 0.523. The molecule has 3 heteroatoms. The molecule has 0 N–H and O–H groups in total. The molecule has 0 amide bonds. The fraction of sp³-hybridized carbons (Fsp3) is 0.281. The number of hydrogen-bond donors (Lipinski definition) is 0. The van der Waals surface area contributed by atoms with E-state index in [2.05, 4.69) is 118 Å². The molecule has 0 bridgehead atoms. The second-order valence-corrected chi connectivity index (χ2v) is 16.2. The molecule has 0 nitrogen and oxygen atoms in total. The number of halogens is 2. The monoisotopic (exact) mass is 578 g/mol. The summed E-state index contributed by atoms with van der Waals surface area (Å²) in [4.78, 5) is 0. The van der Waals surface area contributed by atoms with Crippen LogP contribution in [0.15, 0.2) is 87.2 Å². The summed E-state index contributed by atoms with van der Waals surface area (Å²) in [5.41, 5.74) is 12.0. The van der Waals surface area contributed by atoms with Crippen LogP contribution in [0.1, 0.15) is 56.9 Å². The van der Waals surface area contributed by atoms with Crippen LogP contribution in [0, 0.1) is 18.3 Å². The van der Waals surface area contributed by atoms with Gasteiger partial charge in [0.05, 0.1) is 0 Å². The van der Waals surface area contributed by atoms with Gasteiger partial charge < -0.3 is 24.8 Å². The molecule has 0 heterocycles. The Kier molecular flexibility index (Phi) is 8.69. The van der Waals surface area contributed by atoms with E-state index in [0.29, 0.717) is 5.92 Å². The van der Waals surface area contributed by atoms with Crippen molar-refractivity contribution in [2.45, 2.75) is 48.0 Å². The van der Waals surface area contributed by atoms with Gasteiger partial charge in [-0.05, 0) is 0 Å². The Bertz CT molecular complexity index is 1330. The zero-order valence-corrected chi connectivity index (χ0v) is 25.5. The summed E-state index contributed by atoms with van der Waals surface area (Å²) in [6.45, 7) is 14.1. The largest absolute Gasteiger partial charge is 1.00 e. The van der Waals surface area contributed by atoms with E-state index >= 15 is 0 Å². The van der Waals surface area contributed by atoms with Crippen LogP contribution in [0.5, 0.6) is 0 Å². The van der Waals surface area contributed by atoms with E-state index in [4.69, 9.17) is 0 Å². The molecule has 5 rings (SSSR count). The molecule has 0 saturated heterocycles. The Morgan fingerprint density at radius 2 is 1.49 bits per heavy atom. The Morgan fingerprint density at radius 1 is 0.829 bits per heavy atom. The SMILES string of the molecule is CC1=[C](/[Zr+2](=[CH]/c2ccc(C)cc2)[c]2cccc3c2Cc2ccccc2-3)C(C)C=C1C(C)(C)C.[Cl-].[Cl-]. The predicted molar refractivity (Wildman–Crippen MR) is 140 cm³/mol. The van der Waals surface area contributed by atoms with Crippen LogP contribution in [0.4, 0.5) is 0 Å². The van der Waals surface area contributed by atoms with Gasteiger partial charge in [0.15, 0.2) is 0 Å². The summed E-state index contributed by atoms with van der Waals surface area (Å²) in [7, 11) is 0. The standard InChI is InChI=1S/C13H9.C11H17.C8H8.2ClH.Zr/c1-3-7-12-10(5-1)9-11-6-2-4-8-13(11)12;1-8-6-9(2)10(7-8)11(3,4)5;1-7-3-5-8(2)6-4-7;;;/h1-5,7-8H,9H2;7-8H,1-5H3;1,3-6H,2H3;2*1H;/q;;;;;+2/p-2. The fourth-order valence-electron chi connectivity index (χ4n) is 5.74. The molecule has 3 aromatic carbocycles. The van der Waals surface area contributed by atoms with Gasteiger partial charge in [-0.3, -0.25) is 0 Å². The Morgan fingerprint density at radius 3 is 2.14 bits per heavy atom. The van der Waals surface area contributed by atoms with Gasteiger partial charge in [0.2, 0.25) is 0 Å². The van der Waals surface area contributed by atoms with Gasteiger partial charge in [-0.25, -0.2) is 0 Å². The fourth-order valence-corrected chi connectivity index (χ4v) is 13.3. The molecule has 180 valence electrons. The molecule has 0 saturated carbocycles. The topological polar surface area (TPSA) is 0 Å². The molecule has 0 aliphatic heterocycles. The molecule has 2 aliphatic carbocycles. The first-order valence-electron chi connectivity index (χ1n) is 12.2. The molecule has 1 atom stereocenters. The maximum atomic E-state index is 2.70. The van der Waals surface area contributed by atoms with Gasteiger partial charge in [0, 0.05) is 0 Å². The van der Waals surface area contributed by atoms with Crippen LogP contribution in [-0.2, 0) is 27.7 Å². The van der Waals surface area contributed by atoms with Gasteiger partial charge in [0.25, 0.3) is 0 Å². The van der Waals surface area contributed by atoms with Crippen molar-refractivity contribution in [3.05, 3.63) is 109 Å². The van der Waals surface area contributed by atoms with Crippen molar-refractivity contribution in [1.29, 1.82) is 0 Å². The number of aryl methyl sites for hydroxylation is 1. The minimum Gasteiger partial charge on any atom is -1.00 e. The van der Waals surface area contributed by atoms with Crippen LogP contribution in [0.25, 0.3) is 11.1 Å². The first-order valence-corrected chi connectivity index (χ1v) is 16.0. The quantitative estimate of drug-likeness (QED) is 0.345. The molecular formula is C32H34Cl2Zr. The maximum Gasteiger partial charge on any atom is -1.00 e. The number of hydrogen-bond acceptors (Lipinski definition) is 0. The van der Waals surface area contributed by atoms with Gasteiger partial charge in [-0.15, -0.1) is 0 Å². The van der Waals surface area contributed by atoms with Crippen molar-refractivity contribution < 1.29 is 46.1 Å². The van der Waals surface area contributed by atoms with Crippen LogP contribution < -0.4 is 28.1 Å². The molecule has 0 radical (unpaired) electrons. The molecule has 1 unspecified atom stereocenters. The predicted octanol–water partition coefficient (Wildman–Crippen LogP) is 1.56. The number of allylic oxidation sites excluding steroid dienone is 4. The Balaban J connectivity index is 0.00000171. The molecular weight excluding hydrogens is 546 g/mol. The summed E-state index contributed by atoms with van der Waals surface area (Å²) < 4.78 is 6.12. The number of fused-ring (bicyclic) bond motifs is 3. The Labute approximate surface area is 231 Å². The summed E-state index contributed by atoms with van der Waals surface area (Å²) in [6, 6.07) is 25.3. The summed E-state index contributed by atoms with van der Waals surface area (Å²) in [5, 5.41) is 0. The van der Waals surface area contributed by atoms with Crippen molar-refractivity contribution in [3.8, 4) is 11.1 Å². The van der Waals surface area contributed by atoms with E-state index in [1.54, 1.807) is 23.3 Å². The van der Waals surface area contributed by atoms with E-state index in [9.17, 15) is 0 Å². The van der Waals surface area contributed by atoms with Crippen molar-refractivity contribution in [1.82, 2.24) is 0 Å². The van der Waals surface area contributed by atoms with Crippen molar-refractivity contribution >= 4 is 6.98 Å². The second kappa shape index (κ2) is 10.8. The van der Waals surface area contributed by atoms with Gasteiger partial charge >= 0.3 is 208 Å². The second-order valence-electron chi connectivity index (χ2n) is 10.8. The molecule has 0 aromatic heterocycles. The first kappa shape index (κ1) is 28.1. The summed E-state index contributed by atoms with van der Waals surface area (Å²) >= 11 is -2.36. The minimum absolute atomic E-state index is 0. The average Bonchev–Trinajstić information content (AvgIpc) is 3.30. The third-order valence-corrected chi connectivity index (χ3v) is 14.9. The van der Waals surface area contributed by atoms with Crippen LogP contribution in [-0.4, -0.2) is 3.71 Å². The Hall–Kier alpha value is -1.53. The first-order chi connectivity index (χ1) is 15.7. The third-order valence-electron chi connectivity index (χ3n) is 7.31. The van der Waals surface area contributed by atoms with Crippen LogP contribution in [0.2, 0.25) is 0 Å². The van der Waals surface area contributed by atoms with Crippen LogP contribution in [0.3, 0.4) is 0 Å². The van der Waals surface area contributed by atoms with Crippen molar-refractivity contribution in [2.75, 3.05) is 0 Å².